The molecule has 2 fully saturated rings. The number of anilines is 1. The molecule has 2 aliphatic rings. The molecule has 2 aromatic rings. The Morgan fingerprint density at radius 3 is 2.41 bits per heavy atom. The molecule has 1 aliphatic heterocycles. The van der Waals surface area contributed by atoms with Crippen molar-refractivity contribution in [2.75, 3.05) is 31.1 Å². The summed E-state index contributed by atoms with van der Waals surface area (Å²) in [5.41, 5.74) is 0.625. The third kappa shape index (κ3) is 4.31. The van der Waals surface area contributed by atoms with Crippen LogP contribution in [0, 0.1) is 0 Å². The lowest BCUT2D eigenvalue weighted by Crippen LogP contribution is -2.50. The molecular weight excluding hydrogens is 366 g/mol. The molecule has 0 bridgehead atoms. The average molecular weight is 400 g/mol. The summed E-state index contributed by atoms with van der Waals surface area (Å²) < 4.78 is 7.56. The molecule has 0 spiro atoms. The van der Waals surface area contributed by atoms with Crippen molar-refractivity contribution in [3.8, 4) is 5.88 Å². The third-order valence-electron chi connectivity index (χ3n) is 6.07. The Balaban J connectivity index is 1.46. The number of hydrogen-bond donors (Lipinski definition) is 1. The van der Waals surface area contributed by atoms with E-state index in [1.165, 1.54) is 19.3 Å². The van der Waals surface area contributed by atoms with Gasteiger partial charge >= 0.3 is 6.09 Å². The highest BCUT2D eigenvalue weighted by atomic mass is 16.6. The summed E-state index contributed by atoms with van der Waals surface area (Å²) in [5.74, 6) is 0.390. The smallest absolute Gasteiger partial charge is 0.410 e. The number of piperazine rings is 1. The van der Waals surface area contributed by atoms with Crippen molar-refractivity contribution in [2.45, 2.75) is 64.5 Å². The van der Waals surface area contributed by atoms with E-state index in [1.807, 2.05) is 20.8 Å². The number of benzene rings is 1. The minimum absolute atomic E-state index is 0.241. The van der Waals surface area contributed by atoms with Crippen molar-refractivity contribution in [3.05, 3.63) is 24.4 Å². The number of ether oxygens (including phenoxy) is 1. The second-order valence-corrected chi connectivity index (χ2v) is 9.38. The van der Waals surface area contributed by atoms with Gasteiger partial charge in [-0.3, -0.25) is 0 Å². The lowest BCUT2D eigenvalue weighted by molar-refractivity contribution is 0.0240. The van der Waals surface area contributed by atoms with E-state index in [-0.39, 0.29) is 6.09 Å². The summed E-state index contributed by atoms with van der Waals surface area (Å²) in [4.78, 5) is 16.3. The Bertz CT molecular complexity index is 869. The SMILES string of the molecule is CC(C)(C)OC(=O)N1CCN(c2ccc3cn(C4CCCCC4)c(O)c3c2)CC1. The Morgan fingerprint density at radius 2 is 1.76 bits per heavy atom. The maximum atomic E-state index is 12.3. The molecule has 6 heteroatoms. The number of hydrogen-bond acceptors (Lipinski definition) is 4. The highest BCUT2D eigenvalue weighted by molar-refractivity contribution is 5.91. The average Bonchev–Trinajstić information content (AvgIpc) is 3.03. The predicted octanol–water partition coefficient (Wildman–Crippen LogP) is 4.91. The minimum Gasteiger partial charge on any atom is -0.494 e. The molecule has 1 aliphatic carbocycles. The molecule has 0 atom stereocenters. The van der Waals surface area contributed by atoms with E-state index in [0.29, 0.717) is 25.0 Å². The lowest BCUT2D eigenvalue weighted by Gasteiger charge is -2.36. The maximum Gasteiger partial charge on any atom is 0.410 e. The van der Waals surface area contributed by atoms with Crippen LogP contribution < -0.4 is 4.90 Å². The number of carbonyl (C=O) groups excluding carboxylic acids is 1. The first-order valence-corrected chi connectivity index (χ1v) is 10.9. The van der Waals surface area contributed by atoms with E-state index in [0.717, 1.165) is 42.4 Å². The number of fused-ring (bicyclic) bond motifs is 1. The van der Waals surface area contributed by atoms with E-state index in [4.69, 9.17) is 4.74 Å². The first-order valence-electron chi connectivity index (χ1n) is 10.9. The fourth-order valence-corrected chi connectivity index (χ4v) is 4.51. The summed E-state index contributed by atoms with van der Waals surface area (Å²) in [6.45, 7) is 8.47. The number of nitrogens with zero attached hydrogens (tertiary/aromatic N) is 3. The van der Waals surface area contributed by atoms with E-state index >= 15 is 0 Å². The van der Waals surface area contributed by atoms with Crippen molar-refractivity contribution in [1.29, 1.82) is 0 Å². The summed E-state index contributed by atoms with van der Waals surface area (Å²) in [6, 6.07) is 6.73. The molecule has 29 heavy (non-hydrogen) atoms. The second kappa shape index (κ2) is 7.81. The monoisotopic (exact) mass is 399 g/mol. The van der Waals surface area contributed by atoms with Crippen LogP contribution in [0.25, 0.3) is 10.8 Å². The Morgan fingerprint density at radius 1 is 1.07 bits per heavy atom. The fraction of sp³-hybridized carbons (Fsp3) is 0.609. The van der Waals surface area contributed by atoms with Crippen LogP contribution in [0.3, 0.4) is 0 Å². The highest BCUT2D eigenvalue weighted by Gasteiger charge is 2.26. The topological polar surface area (TPSA) is 57.9 Å². The molecule has 6 nitrogen and oxygen atoms in total. The molecule has 1 aromatic carbocycles. The summed E-state index contributed by atoms with van der Waals surface area (Å²) >= 11 is 0. The van der Waals surface area contributed by atoms with Gasteiger partial charge in [0.2, 0.25) is 0 Å². The second-order valence-electron chi connectivity index (χ2n) is 9.38. The van der Waals surface area contributed by atoms with Gasteiger partial charge in [0.1, 0.15) is 5.60 Å². The fourth-order valence-electron chi connectivity index (χ4n) is 4.51. The standard InChI is InChI=1S/C23H33N3O3/c1-23(2,3)29-22(28)25-13-11-24(12-14-25)19-10-9-17-16-26(21(27)20(17)15-19)18-7-5-4-6-8-18/h9-10,15-16,18,27H,4-8,11-14H2,1-3H3. The summed E-state index contributed by atoms with van der Waals surface area (Å²) in [7, 11) is 0. The van der Waals surface area contributed by atoms with Gasteiger partial charge in [-0.25, -0.2) is 4.79 Å². The van der Waals surface area contributed by atoms with E-state index in [1.54, 1.807) is 4.90 Å². The van der Waals surface area contributed by atoms with Gasteiger partial charge in [-0.1, -0.05) is 25.3 Å². The summed E-state index contributed by atoms with van der Waals surface area (Å²) in [6.07, 6.45) is 7.94. The Hall–Kier alpha value is -2.37. The molecule has 158 valence electrons. The minimum atomic E-state index is -0.470. The molecule has 4 rings (SSSR count). The number of carbonyl (C=O) groups is 1. The van der Waals surface area contributed by atoms with Crippen molar-refractivity contribution in [1.82, 2.24) is 9.47 Å². The lowest BCUT2D eigenvalue weighted by atomic mass is 9.95. The van der Waals surface area contributed by atoms with Gasteiger partial charge in [0, 0.05) is 54.9 Å². The molecular formula is C23H33N3O3. The van der Waals surface area contributed by atoms with Gasteiger partial charge in [0.05, 0.1) is 0 Å². The number of rotatable bonds is 2. The van der Waals surface area contributed by atoms with Crippen molar-refractivity contribution in [3.63, 3.8) is 0 Å². The van der Waals surface area contributed by atoms with Crippen LogP contribution in [-0.4, -0.2) is 52.4 Å². The van der Waals surface area contributed by atoms with Crippen LogP contribution in [-0.2, 0) is 4.74 Å². The van der Waals surface area contributed by atoms with Crippen LogP contribution >= 0.6 is 0 Å². The first kappa shape index (κ1) is 19.9. The number of amides is 1. The van der Waals surface area contributed by atoms with Crippen LogP contribution in [0.15, 0.2) is 24.4 Å². The molecule has 1 saturated heterocycles. The van der Waals surface area contributed by atoms with Gasteiger partial charge in [-0.15, -0.1) is 0 Å². The van der Waals surface area contributed by atoms with E-state index in [9.17, 15) is 9.90 Å². The van der Waals surface area contributed by atoms with Crippen LogP contribution in [0.5, 0.6) is 5.88 Å². The van der Waals surface area contributed by atoms with Crippen molar-refractivity contribution < 1.29 is 14.6 Å². The van der Waals surface area contributed by atoms with E-state index in [2.05, 4.69) is 33.9 Å². The summed E-state index contributed by atoms with van der Waals surface area (Å²) in [5, 5.41) is 12.9. The van der Waals surface area contributed by atoms with Gasteiger partial charge in [0.15, 0.2) is 5.88 Å². The molecule has 1 N–H and O–H groups in total. The molecule has 0 unspecified atom stereocenters. The quantitative estimate of drug-likeness (QED) is 0.780. The van der Waals surface area contributed by atoms with Crippen LogP contribution in [0.4, 0.5) is 10.5 Å². The third-order valence-corrected chi connectivity index (χ3v) is 6.07. The maximum absolute atomic E-state index is 12.3. The van der Waals surface area contributed by atoms with Gasteiger partial charge in [0.25, 0.3) is 0 Å². The molecule has 1 saturated carbocycles. The van der Waals surface area contributed by atoms with Crippen molar-refractivity contribution >= 4 is 22.6 Å². The Kier molecular flexibility index (Phi) is 5.36. The zero-order valence-electron chi connectivity index (χ0n) is 17.9. The Labute approximate surface area is 173 Å². The van der Waals surface area contributed by atoms with Crippen molar-refractivity contribution in [2.24, 2.45) is 0 Å². The number of aromatic nitrogens is 1. The van der Waals surface area contributed by atoms with E-state index < -0.39 is 5.60 Å². The first-order chi connectivity index (χ1) is 13.8. The largest absolute Gasteiger partial charge is 0.494 e. The normalized spacial score (nSPS) is 19.0. The zero-order chi connectivity index (χ0) is 20.6. The molecule has 1 amide bonds. The van der Waals surface area contributed by atoms with Crippen LogP contribution in [0.1, 0.15) is 58.9 Å². The molecule has 2 heterocycles. The van der Waals surface area contributed by atoms with Crippen LogP contribution in [0.2, 0.25) is 0 Å². The van der Waals surface area contributed by atoms with Gasteiger partial charge < -0.3 is 24.2 Å². The number of aromatic hydroxyl groups is 1. The predicted molar refractivity (Wildman–Crippen MR) is 116 cm³/mol. The zero-order valence-corrected chi connectivity index (χ0v) is 17.9. The molecule has 0 radical (unpaired) electrons. The van der Waals surface area contributed by atoms with Gasteiger partial charge in [-0.2, -0.15) is 0 Å². The van der Waals surface area contributed by atoms with Gasteiger partial charge in [-0.05, 0) is 45.7 Å². The highest BCUT2D eigenvalue weighted by Crippen LogP contribution is 2.37. The molecule has 1 aromatic heterocycles.